The summed E-state index contributed by atoms with van der Waals surface area (Å²) < 4.78 is 6.44. The maximum Gasteiger partial charge on any atom is 0.240 e. The summed E-state index contributed by atoms with van der Waals surface area (Å²) in [4.78, 5) is 12.8. The molecule has 0 saturated carbocycles. The largest absolute Gasteiger partial charge is 0.439 e. The van der Waals surface area contributed by atoms with Crippen LogP contribution in [0.3, 0.4) is 0 Å². The number of ether oxygens (including phenoxy) is 1. The highest BCUT2D eigenvalue weighted by molar-refractivity contribution is 7.16. The zero-order valence-corrected chi connectivity index (χ0v) is 13.3. The fraction of sp³-hybridized carbons (Fsp3) is 0.0526. The Morgan fingerprint density at radius 1 is 1.08 bits per heavy atom. The van der Waals surface area contributed by atoms with Crippen LogP contribution in [-0.2, 0) is 0 Å². The maximum atomic E-state index is 12.8. The van der Waals surface area contributed by atoms with Crippen LogP contribution in [0.15, 0.2) is 70.8 Å². The molecule has 1 aromatic heterocycles. The predicted molar refractivity (Wildman–Crippen MR) is 93.8 cm³/mol. The molecule has 2 aromatic carbocycles. The lowest BCUT2D eigenvalue weighted by molar-refractivity contribution is 0.398. The average molecular weight is 332 g/mol. The minimum atomic E-state index is -0.506. The molecular weight excluding hydrogens is 320 g/mol. The highest BCUT2D eigenvalue weighted by Crippen LogP contribution is 2.44. The fourth-order valence-electron chi connectivity index (χ4n) is 3.04. The molecule has 2 N–H and O–H groups in total. The van der Waals surface area contributed by atoms with Gasteiger partial charge in [0.05, 0.1) is 11.5 Å². The van der Waals surface area contributed by atoms with E-state index in [4.69, 9.17) is 10.5 Å². The van der Waals surface area contributed by atoms with Gasteiger partial charge in [-0.1, -0.05) is 53.8 Å². The molecular formula is C19H12N2O2S. The highest BCUT2D eigenvalue weighted by Gasteiger charge is 2.34. The molecule has 0 saturated heterocycles. The first-order chi connectivity index (χ1) is 11.7. The lowest BCUT2D eigenvalue weighted by atomic mass is 9.84. The van der Waals surface area contributed by atoms with Crippen molar-refractivity contribution >= 4 is 21.4 Å². The van der Waals surface area contributed by atoms with Crippen molar-refractivity contribution in [3.63, 3.8) is 0 Å². The van der Waals surface area contributed by atoms with Crippen LogP contribution in [0.1, 0.15) is 17.0 Å². The van der Waals surface area contributed by atoms with Crippen molar-refractivity contribution in [1.82, 2.24) is 0 Å². The Kier molecular flexibility index (Phi) is 3.33. The first kappa shape index (κ1) is 14.5. The standard InChI is InChI=1S/C19H12N2O2S/c20-10-13-15(11-6-2-1-3-7-11)16-17(23-18(13)21)12-8-4-5-9-14(12)24-19(16)22/h1-9,15H,21H2. The first-order valence-electron chi connectivity index (χ1n) is 7.39. The van der Waals surface area contributed by atoms with Gasteiger partial charge < -0.3 is 10.5 Å². The molecule has 1 aliphatic rings. The molecule has 4 nitrogen and oxygen atoms in total. The van der Waals surface area contributed by atoms with Crippen molar-refractivity contribution in [2.24, 2.45) is 5.73 Å². The van der Waals surface area contributed by atoms with E-state index in [1.165, 1.54) is 0 Å². The van der Waals surface area contributed by atoms with Gasteiger partial charge in [-0.05, 0) is 17.7 Å². The van der Waals surface area contributed by atoms with E-state index >= 15 is 0 Å². The van der Waals surface area contributed by atoms with Crippen molar-refractivity contribution in [1.29, 1.82) is 5.26 Å². The van der Waals surface area contributed by atoms with Gasteiger partial charge >= 0.3 is 0 Å². The summed E-state index contributed by atoms with van der Waals surface area (Å²) in [7, 11) is 0. The molecule has 4 rings (SSSR count). The van der Waals surface area contributed by atoms with Gasteiger partial charge in [0, 0.05) is 10.1 Å². The van der Waals surface area contributed by atoms with Crippen molar-refractivity contribution < 1.29 is 4.74 Å². The second-order valence-corrected chi connectivity index (χ2v) is 6.48. The number of rotatable bonds is 1. The topological polar surface area (TPSA) is 76.1 Å². The number of nitrogens with two attached hydrogens (primary N) is 1. The van der Waals surface area contributed by atoms with Crippen LogP contribution in [0.5, 0.6) is 5.75 Å². The molecule has 3 aromatic rings. The van der Waals surface area contributed by atoms with Gasteiger partial charge in [-0.25, -0.2) is 0 Å². The SMILES string of the molecule is N#CC1=C(N)Oc2c(c(=O)sc3ccccc23)C1c1ccccc1. The summed E-state index contributed by atoms with van der Waals surface area (Å²) in [5, 5.41) is 10.4. The van der Waals surface area contributed by atoms with Crippen LogP contribution in [0.25, 0.3) is 10.1 Å². The Balaban J connectivity index is 2.10. The minimum Gasteiger partial charge on any atom is -0.439 e. The monoisotopic (exact) mass is 332 g/mol. The molecule has 1 aliphatic heterocycles. The Labute approximate surface area is 142 Å². The van der Waals surface area contributed by atoms with E-state index < -0.39 is 5.92 Å². The Morgan fingerprint density at radius 2 is 1.79 bits per heavy atom. The third kappa shape index (κ3) is 2.08. The van der Waals surface area contributed by atoms with Crippen LogP contribution >= 0.6 is 11.3 Å². The fourth-order valence-corrected chi connectivity index (χ4v) is 3.98. The van der Waals surface area contributed by atoms with Crippen LogP contribution in [0.4, 0.5) is 0 Å². The second-order valence-electron chi connectivity index (χ2n) is 5.46. The maximum absolute atomic E-state index is 12.8. The Morgan fingerprint density at radius 3 is 2.54 bits per heavy atom. The summed E-state index contributed by atoms with van der Waals surface area (Å²) in [6.45, 7) is 0. The van der Waals surface area contributed by atoms with Gasteiger partial charge in [0.2, 0.25) is 10.6 Å². The number of allylic oxidation sites excluding steroid dienone is 1. The highest BCUT2D eigenvalue weighted by atomic mass is 32.1. The zero-order chi connectivity index (χ0) is 16.7. The van der Waals surface area contributed by atoms with Gasteiger partial charge in [-0.3, -0.25) is 4.79 Å². The molecule has 116 valence electrons. The summed E-state index contributed by atoms with van der Waals surface area (Å²) in [6.07, 6.45) is 0. The van der Waals surface area contributed by atoms with Gasteiger partial charge in [0.25, 0.3) is 0 Å². The molecule has 0 amide bonds. The molecule has 0 fully saturated rings. The first-order valence-corrected chi connectivity index (χ1v) is 8.20. The van der Waals surface area contributed by atoms with E-state index in [1.54, 1.807) is 0 Å². The summed E-state index contributed by atoms with van der Waals surface area (Å²) in [5.74, 6) is 0.00705. The molecule has 0 aliphatic carbocycles. The number of hydrogen-bond donors (Lipinski definition) is 1. The lowest BCUT2D eigenvalue weighted by Gasteiger charge is -2.26. The van der Waals surface area contributed by atoms with E-state index in [0.717, 1.165) is 27.0 Å². The molecule has 0 bridgehead atoms. The van der Waals surface area contributed by atoms with Crippen molar-refractivity contribution in [3.05, 3.63) is 86.7 Å². The van der Waals surface area contributed by atoms with Crippen LogP contribution in [0.2, 0.25) is 0 Å². The molecule has 0 radical (unpaired) electrons. The van der Waals surface area contributed by atoms with Crippen molar-refractivity contribution in [3.8, 4) is 11.8 Å². The van der Waals surface area contributed by atoms with Gasteiger partial charge in [0.15, 0.2) is 0 Å². The van der Waals surface area contributed by atoms with Crippen LogP contribution in [-0.4, -0.2) is 0 Å². The minimum absolute atomic E-state index is 0.0552. The van der Waals surface area contributed by atoms with E-state index in [1.807, 2.05) is 54.6 Å². The summed E-state index contributed by atoms with van der Waals surface area (Å²) in [6, 6.07) is 19.1. The quantitative estimate of drug-likeness (QED) is 0.740. The normalized spacial score (nSPS) is 16.4. The van der Waals surface area contributed by atoms with Crippen LogP contribution in [0, 0.1) is 11.3 Å². The van der Waals surface area contributed by atoms with Gasteiger partial charge in [-0.15, -0.1) is 0 Å². The number of benzene rings is 2. The molecule has 2 heterocycles. The third-order valence-electron chi connectivity index (χ3n) is 4.11. The zero-order valence-electron chi connectivity index (χ0n) is 12.5. The average Bonchev–Trinajstić information content (AvgIpc) is 2.61. The predicted octanol–water partition coefficient (Wildman–Crippen LogP) is 3.48. The number of nitriles is 1. The number of hydrogen-bond acceptors (Lipinski definition) is 5. The van der Waals surface area contributed by atoms with Gasteiger partial charge in [-0.2, -0.15) is 5.26 Å². The molecule has 0 spiro atoms. The smallest absolute Gasteiger partial charge is 0.240 e. The molecule has 1 atom stereocenters. The lowest BCUT2D eigenvalue weighted by Crippen LogP contribution is -2.25. The van der Waals surface area contributed by atoms with E-state index in [2.05, 4.69) is 6.07 Å². The van der Waals surface area contributed by atoms with Crippen molar-refractivity contribution in [2.75, 3.05) is 0 Å². The van der Waals surface area contributed by atoms with E-state index in [9.17, 15) is 10.1 Å². The van der Waals surface area contributed by atoms with E-state index in [-0.39, 0.29) is 16.2 Å². The summed E-state index contributed by atoms with van der Waals surface area (Å²) >= 11 is 1.16. The van der Waals surface area contributed by atoms with E-state index in [0.29, 0.717) is 11.3 Å². The van der Waals surface area contributed by atoms with Crippen LogP contribution < -0.4 is 15.2 Å². The second kappa shape index (κ2) is 5.52. The third-order valence-corrected chi connectivity index (χ3v) is 5.09. The Bertz CT molecular complexity index is 1080. The van der Waals surface area contributed by atoms with Gasteiger partial charge in [0.1, 0.15) is 17.4 Å². The summed E-state index contributed by atoms with van der Waals surface area (Å²) in [5.41, 5.74) is 7.61. The molecule has 1 unspecified atom stereocenters. The number of fused-ring (bicyclic) bond motifs is 3. The molecule has 5 heteroatoms. The van der Waals surface area contributed by atoms with Crippen molar-refractivity contribution in [2.45, 2.75) is 5.92 Å². The number of nitrogens with zero attached hydrogens (tertiary/aromatic N) is 1. The Hall–Kier alpha value is -3.10. The molecule has 24 heavy (non-hydrogen) atoms.